The lowest BCUT2D eigenvalue weighted by Crippen LogP contribution is -2.32. The summed E-state index contributed by atoms with van der Waals surface area (Å²) in [5.74, 6) is -3.92. The third kappa shape index (κ3) is 3.70. The molecule has 4 rings (SSSR count). The molecule has 1 N–H and O–H groups in total. The molecule has 0 saturated carbocycles. The van der Waals surface area contributed by atoms with Crippen molar-refractivity contribution in [3.8, 4) is 0 Å². The fourth-order valence-electron chi connectivity index (χ4n) is 3.35. The summed E-state index contributed by atoms with van der Waals surface area (Å²) in [6, 6.07) is 13.3. The second kappa shape index (κ2) is 7.75. The number of imide groups is 1. The van der Waals surface area contributed by atoms with Crippen LogP contribution in [0.15, 0.2) is 66.4 Å². The number of benzene rings is 3. The maximum atomic E-state index is 13.7. The van der Waals surface area contributed by atoms with Crippen LogP contribution in [0.3, 0.4) is 0 Å². The number of amides is 2. The van der Waals surface area contributed by atoms with Gasteiger partial charge >= 0.3 is 0 Å². The van der Waals surface area contributed by atoms with Gasteiger partial charge in [-0.15, -0.1) is 0 Å². The van der Waals surface area contributed by atoms with Crippen LogP contribution in [0.2, 0.25) is 0 Å². The van der Waals surface area contributed by atoms with Crippen molar-refractivity contribution in [2.24, 2.45) is 0 Å². The van der Waals surface area contributed by atoms with Crippen molar-refractivity contribution in [2.75, 3.05) is 10.2 Å². The molecule has 0 aliphatic carbocycles. The van der Waals surface area contributed by atoms with Crippen LogP contribution in [0, 0.1) is 31.3 Å². The van der Waals surface area contributed by atoms with Gasteiger partial charge in [-0.1, -0.05) is 18.2 Å². The summed E-state index contributed by atoms with van der Waals surface area (Å²) >= 11 is 0. The van der Waals surface area contributed by atoms with Gasteiger partial charge in [0.25, 0.3) is 11.8 Å². The summed E-state index contributed by atoms with van der Waals surface area (Å²) in [4.78, 5) is 27.4. The largest absolute Gasteiger partial charge is 0.350 e. The zero-order valence-electron chi connectivity index (χ0n) is 16.7. The maximum absolute atomic E-state index is 13.7. The van der Waals surface area contributed by atoms with Crippen molar-refractivity contribution < 1.29 is 22.8 Å². The second-order valence-electron chi connectivity index (χ2n) is 7.23. The predicted molar refractivity (Wildman–Crippen MR) is 112 cm³/mol. The monoisotopic (exact) mass is 422 g/mol. The van der Waals surface area contributed by atoms with Gasteiger partial charge in [0, 0.05) is 11.8 Å². The molecule has 31 heavy (non-hydrogen) atoms. The average molecular weight is 422 g/mol. The first-order chi connectivity index (χ1) is 14.8. The highest BCUT2D eigenvalue weighted by atomic mass is 19.2. The van der Waals surface area contributed by atoms with E-state index in [0.29, 0.717) is 5.56 Å². The molecule has 0 atom stereocenters. The first kappa shape index (κ1) is 20.4. The normalized spacial score (nSPS) is 13.9. The summed E-state index contributed by atoms with van der Waals surface area (Å²) < 4.78 is 40.4. The average Bonchev–Trinajstić information content (AvgIpc) is 2.97. The summed E-state index contributed by atoms with van der Waals surface area (Å²) in [7, 11) is 0. The number of nitrogens with one attached hydrogen (secondary N) is 1. The minimum atomic E-state index is -1.09. The molecule has 1 aliphatic rings. The Balaban J connectivity index is 1.84. The molecule has 7 heteroatoms. The fourth-order valence-corrected chi connectivity index (χ4v) is 3.35. The Morgan fingerprint density at radius 1 is 0.742 bits per heavy atom. The molecule has 0 spiro atoms. The van der Waals surface area contributed by atoms with E-state index >= 15 is 0 Å². The molecule has 1 aliphatic heterocycles. The molecule has 1 heterocycles. The van der Waals surface area contributed by atoms with E-state index in [1.165, 1.54) is 18.2 Å². The summed E-state index contributed by atoms with van der Waals surface area (Å²) in [6.45, 7) is 3.79. The van der Waals surface area contributed by atoms with Crippen molar-refractivity contribution >= 4 is 28.8 Å². The number of carbonyl (C=O) groups excluding carboxylic acids is 2. The van der Waals surface area contributed by atoms with E-state index in [1.54, 1.807) is 12.1 Å². The third-order valence-corrected chi connectivity index (χ3v) is 5.15. The van der Waals surface area contributed by atoms with Crippen LogP contribution in [0.25, 0.3) is 5.57 Å². The van der Waals surface area contributed by atoms with E-state index in [2.05, 4.69) is 5.32 Å². The van der Waals surface area contributed by atoms with E-state index in [-0.39, 0.29) is 22.6 Å². The quantitative estimate of drug-likeness (QED) is 0.594. The molecule has 0 aromatic heterocycles. The Morgan fingerprint density at radius 2 is 1.45 bits per heavy atom. The van der Waals surface area contributed by atoms with Gasteiger partial charge in [-0.3, -0.25) is 9.59 Å². The molecule has 156 valence electrons. The predicted octanol–water partition coefficient (Wildman–Crippen LogP) is 5.12. The minimum Gasteiger partial charge on any atom is -0.350 e. The molecule has 3 aromatic rings. The van der Waals surface area contributed by atoms with Crippen LogP contribution >= 0.6 is 0 Å². The van der Waals surface area contributed by atoms with Crippen molar-refractivity contribution in [3.05, 3.63) is 101 Å². The highest BCUT2D eigenvalue weighted by Gasteiger charge is 2.40. The fraction of sp³-hybridized carbons (Fsp3) is 0.0833. The van der Waals surface area contributed by atoms with Crippen molar-refractivity contribution in [2.45, 2.75) is 13.8 Å². The molecule has 3 aromatic carbocycles. The molecular formula is C24H17F3N2O2. The van der Waals surface area contributed by atoms with Gasteiger partial charge in [-0.2, -0.15) is 0 Å². The molecular weight excluding hydrogens is 405 g/mol. The molecule has 0 unspecified atom stereocenters. The van der Waals surface area contributed by atoms with Crippen LogP contribution < -0.4 is 10.2 Å². The number of rotatable bonds is 4. The van der Waals surface area contributed by atoms with E-state index in [4.69, 9.17) is 0 Å². The lowest BCUT2D eigenvalue weighted by molar-refractivity contribution is -0.120. The van der Waals surface area contributed by atoms with Crippen molar-refractivity contribution in [3.63, 3.8) is 0 Å². The van der Waals surface area contributed by atoms with Crippen molar-refractivity contribution in [1.82, 2.24) is 0 Å². The number of hydrogen-bond donors (Lipinski definition) is 1. The lowest BCUT2D eigenvalue weighted by Gasteiger charge is -2.15. The molecule has 0 radical (unpaired) electrons. The second-order valence-corrected chi connectivity index (χ2v) is 7.23. The van der Waals surface area contributed by atoms with Crippen LogP contribution in [-0.4, -0.2) is 11.8 Å². The number of aryl methyl sites for hydroxylation is 2. The smallest absolute Gasteiger partial charge is 0.282 e. The first-order valence-corrected chi connectivity index (χ1v) is 9.44. The summed E-state index contributed by atoms with van der Waals surface area (Å²) in [5.41, 5.74) is 2.73. The van der Waals surface area contributed by atoms with Gasteiger partial charge in [0.2, 0.25) is 0 Å². The standard InChI is InChI=1S/C24H17F3N2O2/c1-13-3-4-15(11-14(13)2)21-22(28-17-7-10-19(26)20(27)12-17)24(31)29(23(21)30)18-8-5-16(25)6-9-18/h3-12,28H,1-2H3. The van der Waals surface area contributed by atoms with Gasteiger partial charge < -0.3 is 5.32 Å². The van der Waals surface area contributed by atoms with E-state index < -0.39 is 29.3 Å². The molecule has 0 saturated heterocycles. The Morgan fingerprint density at radius 3 is 2.10 bits per heavy atom. The van der Waals surface area contributed by atoms with E-state index in [1.807, 2.05) is 19.9 Å². The first-order valence-electron chi connectivity index (χ1n) is 9.44. The van der Waals surface area contributed by atoms with E-state index in [9.17, 15) is 22.8 Å². The Bertz CT molecular complexity index is 1250. The number of halogens is 3. The zero-order valence-corrected chi connectivity index (χ0v) is 16.7. The SMILES string of the molecule is Cc1ccc(C2=C(Nc3ccc(F)c(F)c3)C(=O)N(c3ccc(F)cc3)C2=O)cc1C. The van der Waals surface area contributed by atoms with Gasteiger partial charge in [0.15, 0.2) is 11.6 Å². The highest BCUT2D eigenvalue weighted by molar-refractivity contribution is 6.46. The van der Waals surface area contributed by atoms with Gasteiger partial charge in [-0.05, 0) is 66.9 Å². The maximum Gasteiger partial charge on any atom is 0.282 e. The summed E-state index contributed by atoms with van der Waals surface area (Å²) in [5, 5.41) is 2.77. The molecule has 0 fully saturated rings. The van der Waals surface area contributed by atoms with Gasteiger partial charge in [-0.25, -0.2) is 18.1 Å². The molecule has 0 bridgehead atoms. The van der Waals surface area contributed by atoms with Crippen LogP contribution in [0.4, 0.5) is 24.5 Å². The lowest BCUT2D eigenvalue weighted by atomic mass is 9.99. The number of carbonyl (C=O) groups is 2. The van der Waals surface area contributed by atoms with Gasteiger partial charge in [0.1, 0.15) is 11.5 Å². The Hall–Kier alpha value is -3.87. The minimum absolute atomic E-state index is 0.0800. The van der Waals surface area contributed by atoms with Crippen LogP contribution in [-0.2, 0) is 9.59 Å². The highest BCUT2D eigenvalue weighted by Crippen LogP contribution is 2.34. The Labute approximate surface area is 176 Å². The number of anilines is 2. The van der Waals surface area contributed by atoms with Crippen LogP contribution in [0.1, 0.15) is 16.7 Å². The van der Waals surface area contributed by atoms with Crippen LogP contribution in [0.5, 0.6) is 0 Å². The zero-order chi connectivity index (χ0) is 22.3. The molecule has 4 nitrogen and oxygen atoms in total. The van der Waals surface area contributed by atoms with E-state index in [0.717, 1.165) is 40.3 Å². The summed E-state index contributed by atoms with van der Waals surface area (Å²) in [6.07, 6.45) is 0. The molecule has 2 amide bonds. The Kier molecular flexibility index (Phi) is 5.10. The topological polar surface area (TPSA) is 49.4 Å². The number of hydrogen-bond acceptors (Lipinski definition) is 3. The third-order valence-electron chi connectivity index (χ3n) is 5.15. The van der Waals surface area contributed by atoms with Gasteiger partial charge in [0.05, 0.1) is 11.3 Å². The number of nitrogens with zero attached hydrogens (tertiary/aromatic N) is 1. The van der Waals surface area contributed by atoms with Crippen molar-refractivity contribution in [1.29, 1.82) is 0 Å².